The second kappa shape index (κ2) is 6.26. The van der Waals surface area contributed by atoms with Crippen LogP contribution in [0.25, 0.3) is 0 Å². The fourth-order valence-corrected chi connectivity index (χ4v) is 1.39. The Hall–Kier alpha value is -1.98. The van der Waals surface area contributed by atoms with E-state index in [-0.39, 0.29) is 0 Å². The van der Waals surface area contributed by atoms with E-state index in [1.165, 1.54) is 6.92 Å². The number of carbonyl (C=O) groups is 1. The molecule has 19 heavy (non-hydrogen) atoms. The summed E-state index contributed by atoms with van der Waals surface area (Å²) in [6.45, 7) is 5.26. The van der Waals surface area contributed by atoms with Crippen LogP contribution in [0.5, 0.6) is 5.75 Å². The Labute approximate surface area is 109 Å². The lowest BCUT2D eigenvalue weighted by molar-refractivity contribution is -0.174. The number of rotatable bonds is 5. The van der Waals surface area contributed by atoms with Crippen LogP contribution in [0.3, 0.4) is 0 Å². The molecular formula is C13H14F3NO2. The van der Waals surface area contributed by atoms with Crippen LogP contribution in [0.15, 0.2) is 36.9 Å². The highest BCUT2D eigenvalue weighted by molar-refractivity contribution is 5.82. The summed E-state index contributed by atoms with van der Waals surface area (Å²) in [6.07, 6.45) is -3.33. The molecule has 0 bridgehead atoms. The number of alkyl halides is 3. The quantitative estimate of drug-likeness (QED) is 0.837. The van der Waals surface area contributed by atoms with Crippen molar-refractivity contribution >= 4 is 5.91 Å². The fourth-order valence-electron chi connectivity index (χ4n) is 1.39. The van der Waals surface area contributed by atoms with Crippen molar-refractivity contribution in [3.8, 4) is 5.75 Å². The molecule has 0 fully saturated rings. The molecule has 104 valence electrons. The van der Waals surface area contributed by atoms with Crippen LogP contribution < -0.4 is 10.1 Å². The first-order chi connectivity index (χ1) is 8.84. The third-order valence-corrected chi connectivity index (χ3v) is 2.33. The zero-order valence-electron chi connectivity index (χ0n) is 10.3. The summed E-state index contributed by atoms with van der Waals surface area (Å²) < 4.78 is 41.6. The molecule has 1 atom stereocenters. The molecule has 6 heteroatoms. The van der Waals surface area contributed by atoms with Crippen molar-refractivity contribution < 1.29 is 22.7 Å². The first kappa shape index (κ1) is 15.1. The predicted molar refractivity (Wildman–Crippen MR) is 64.7 cm³/mol. The van der Waals surface area contributed by atoms with Gasteiger partial charge in [0.05, 0.1) is 6.04 Å². The van der Waals surface area contributed by atoms with Crippen LogP contribution >= 0.6 is 0 Å². The van der Waals surface area contributed by atoms with Crippen molar-refractivity contribution in [2.24, 2.45) is 0 Å². The summed E-state index contributed by atoms with van der Waals surface area (Å²) in [5, 5.41) is 1.88. The summed E-state index contributed by atoms with van der Waals surface area (Å²) in [7, 11) is 0. The molecule has 1 N–H and O–H groups in total. The van der Waals surface area contributed by atoms with E-state index >= 15 is 0 Å². The van der Waals surface area contributed by atoms with E-state index in [9.17, 15) is 18.0 Å². The summed E-state index contributed by atoms with van der Waals surface area (Å²) in [5.41, 5.74) is 0.527. The van der Waals surface area contributed by atoms with Gasteiger partial charge in [0.25, 0.3) is 0 Å². The topological polar surface area (TPSA) is 38.3 Å². The Bertz CT molecular complexity index is 457. The second-order valence-electron chi connectivity index (χ2n) is 3.87. The van der Waals surface area contributed by atoms with E-state index in [1.807, 2.05) is 5.32 Å². The summed E-state index contributed by atoms with van der Waals surface area (Å²) in [4.78, 5) is 10.8. The van der Waals surface area contributed by atoms with Crippen LogP contribution in [0.4, 0.5) is 13.2 Å². The Balaban J connectivity index is 2.74. The predicted octanol–water partition coefficient (Wildman–Crippen LogP) is 2.99. The van der Waals surface area contributed by atoms with E-state index in [0.717, 1.165) is 0 Å². The van der Waals surface area contributed by atoms with Gasteiger partial charge in [-0.25, -0.2) is 0 Å². The Morgan fingerprint density at radius 1 is 1.53 bits per heavy atom. The van der Waals surface area contributed by atoms with Gasteiger partial charge in [-0.15, -0.1) is 0 Å². The van der Waals surface area contributed by atoms with Gasteiger partial charge >= 0.3 is 12.1 Å². The highest BCUT2D eigenvalue weighted by atomic mass is 19.4. The largest absolute Gasteiger partial charge is 0.490 e. The normalized spacial score (nSPS) is 12.6. The van der Waals surface area contributed by atoms with Crippen molar-refractivity contribution in [3.63, 3.8) is 0 Å². The third-order valence-electron chi connectivity index (χ3n) is 2.33. The minimum atomic E-state index is -4.88. The van der Waals surface area contributed by atoms with Crippen LogP contribution in [0.2, 0.25) is 0 Å². The molecule has 0 heterocycles. The fraction of sp³-hybridized carbons (Fsp3) is 0.308. The Morgan fingerprint density at radius 2 is 2.21 bits per heavy atom. The highest BCUT2D eigenvalue weighted by Gasteiger charge is 2.39. The number of halogens is 3. The molecule has 0 aliphatic carbocycles. The third kappa shape index (κ3) is 4.65. The number of ether oxygens (including phenoxy) is 1. The molecule has 1 rings (SSSR count). The number of amides is 1. The minimum absolute atomic E-state index is 0.298. The monoisotopic (exact) mass is 273 g/mol. The molecule has 0 aliphatic rings. The molecule has 1 aromatic carbocycles. The first-order valence-electron chi connectivity index (χ1n) is 5.56. The van der Waals surface area contributed by atoms with Crippen LogP contribution in [0.1, 0.15) is 18.5 Å². The van der Waals surface area contributed by atoms with Gasteiger partial charge in [-0.2, -0.15) is 13.2 Å². The van der Waals surface area contributed by atoms with E-state index < -0.39 is 18.1 Å². The van der Waals surface area contributed by atoms with Crippen molar-refractivity contribution in [1.29, 1.82) is 0 Å². The molecule has 0 aromatic heterocycles. The number of nitrogens with one attached hydrogen (secondary N) is 1. The zero-order valence-corrected chi connectivity index (χ0v) is 10.3. The molecule has 0 aliphatic heterocycles. The van der Waals surface area contributed by atoms with Gasteiger partial charge in [0.1, 0.15) is 12.4 Å². The van der Waals surface area contributed by atoms with E-state index in [2.05, 4.69) is 6.58 Å². The number of hydrogen-bond acceptors (Lipinski definition) is 2. The van der Waals surface area contributed by atoms with Gasteiger partial charge in [0.15, 0.2) is 0 Å². The highest BCUT2D eigenvalue weighted by Crippen LogP contribution is 2.21. The van der Waals surface area contributed by atoms with E-state index in [4.69, 9.17) is 4.74 Å². The summed E-state index contributed by atoms with van der Waals surface area (Å²) in [5.74, 6) is -1.46. The second-order valence-corrected chi connectivity index (χ2v) is 3.87. The molecule has 0 spiro atoms. The average Bonchev–Trinajstić information content (AvgIpc) is 2.35. The van der Waals surface area contributed by atoms with Gasteiger partial charge in [0, 0.05) is 0 Å². The van der Waals surface area contributed by atoms with Gasteiger partial charge in [-0.05, 0) is 24.6 Å². The SMILES string of the molecule is C=CCOc1cccc(C(C)NC(=O)C(F)(F)F)c1. The minimum Gasteiger partial charge on any atom is -0.490 e. The van der Waals surface area contributed by atoms with Crippen molar-refractivity contribution in [2.75, 3.05) is 6.61 Å². The molecule has 0 saturated heterocycles. The van der Waals surface area contributed by atoms with Gasteiger partial charge in [0.2, 0.25) is 0 Å². The van der Waals surface area contributed by atoms with Gasteiger partial charge in [-0.3, -0.25) is 4.79 Å². The molecule has 1 aromatic rings. The van der Waals surface area contributed by atoms with Crippen molar-refractivity contribution in [3.05, 3.63) is 42.5 Å². The zero-order chi connectivity index (χ0) is 14.5. The van der Waals surface area contributed by atoms with Gasteiger partial charge < -0.3 is 10.1 Å². The molecule has 1 amide bonds. The number of hydrogen-bond donors (Lipinski definition) is 1. The molecule has 1 unspecified atom stereocenters. The van der Waals surface area contributed by atoms with Crippen LogP contribution in [0, 0.1) is 0 Å². The van der Waals surface area contributed by atoms with Crippen LogP contribution in [-0.4, -0.2) is 18.7 Å². The maximum Gasteiger partial charge on any atom is 0.471 e. The standard InChI is InChI=1S/C13H14F3NO2/c1-3-7-19-11-6-4-5-10(8-11)9(2)17-12(18)13(14,15)16/h3-6,8-9H,1,7H2,2H3,(H,17,18). The Morgan fingerprint density at radius 3 is 2.79 bits per heavy atom. The van der Waals surface area contributed by atoms with E-state index in [0.29, 0.717) is 17.9 Å². The average molecular weight is 273 g/mol. The van der Waals surface area contributed by atoms with Crippen molar-refractivity contribution in [2.45, 2.75) is 19.1 Å². The molecule has 3 nitrogen and oxygen atoms in total. The number of benzene rings is 1. The smallest absolute Gasteiger partial charge is 0.471 e. The molecule has 0 saturated carbocycles. The first-order valence-corrected chi connectivity index (χ1v) is 5.56. The lowest BCUT2D eigenvalue weighted by Crippen LogP contribution is -2.38. The summed E-state index contributed by atoms with van der Waals surface area (Å²) in [6, 6.07) is 5.74. The molecular weight excluding hydrogens is 259 g/mol. The van der Waals surface area contributed by atoms with Crippen LogP contribution in [-0.2, 0) is 4.79 Å². The van der Waals surface area contributed by atoms with E-state index in [1.54, 1.807) is 30.3 Å². The Kier molecular flexibility index (Phi) is 4.97. The van der Waals surface area contributed by atoms with Crippen molar-refractivity contribution in [1.82, 2.24) is 5.32 Å². The maximum absolute atomic E-state index is 12.1. The lowest BCUT2D eigenvalue weighted by atomic mass is 10.1. The lowest BCUT2D eigenvalue weighted by Gasteiger charge is -2.16. The maximum atomic E-state index is 12.1. The summed E-state index contributed by atoms with van der Waals surface area (Å²) >= 11 is 0. The molecule has 0 radical (unpaired) electrons. The number of carbonyl (C=O) groups excluding carboxylic acids is 1. The van der Waals surface area contributed by atoms with Gasteiger partial charge in [-0.1, -0.05) is 24.8 Å².